The number of amides is 1. The Bertz CT molecular complexity index is 1280. The summed E-state index contributed by atoms with van der Waals surface area (Å²) in [5.74, 6) is -0.768. The average molecular weight is 518 g/mol. The molecule has 162 valence electrons. The number of anilines is 2. The van der Waals surface area contributed by atoms with E-state index >= 15 is 0 Å². The van der Waals surface area contributed by atoms with E-state index in [1.54, 1.807) is 25.4 Å². The minimum Gasteiger partial charge on any atom is -0.301 e. The van der Waals surface area contributed by atoms with Crippen LogP contribution >= 0.6 is 27.3 Å². The minimum absolute atomic E-state index is 0.0580. The summed E-state index contributed by atoms with van der Waals surface area (Å²) in [7, 11) is 0. The van der Waals surface area contributed by atoms with Crippen LogP contribution < -0.4 is 10.8 Å². The summed E-state index contributed by atoms with van der Waals surface area (Å²) in [5.41, 5.74) is 4.49. The van der Waals surface area contributed by atoms with E-state index in [4.69, 9.17) is 4.94 Å². The van der Waals surface area contributed by atoms with Gasteiger partial charge in [-0.2, -0.15) is 5.48 Å². The second-order valence-electron chi connectivity index (χ2n) is 6.18. The lowest BCUT2D eigenvalue weighted by Gasteiger charge is -2.03. The van der Waals surface area contributed by atoms with Crippen molar-refractivity contribution in [2.45, 2.75) is 6.92 Å². The lowest BCUT2D eigenvalue weighted by Crippen LogP contribution is -2.13. The number of hydrogen-bond acceptors (Lipinski definition) is 10. The Morgan fingerprint density at radius 3 is 3.00 bits per heavy atom. The van der Waals surface area contributed by atoms with Gasteiger partial charge in [0.25, 0.3) is 5.91 Å². The van der Waals surface area contributed by atoms with Crippen molar-refractivity contribution in [2.24, 2.45) is 5.16 Å². The van der Waals surface area contributed by atoms with E-state index in [0.29, 0.717) is 21.3 Å². The number of aromatic nitrogens is 4. The number of halogens is 2. The van der Waals surface area contributed by atoms with Crippen molar-refractivity contribution in [3.8, 4) is 10.6 Å². The first-order valence-electron chi connectivity index (χ1n) is 8.93. The van der Waals surface area contributed by atoms with Crippen molar-refractivity contribution in [3.05, 3.63) is 69.3 Å². The lowest BCUT2D eigenvalue weighted by molar-refractivity contribution is 0.102. The van der Waals surface area contributed by atoms with E-state index in [-0.39, 0.29) is 16.0 Å². The van der Waals surface area contributed by atoms with Crippen LogP contribution in [0.1, 0.15) is 21.1 Å². The fraction of sp³-hybridized carbons (Fsp3) is 0.0526. The molecule has 3 heterocycles. The zero-order chi connectivity index (χ0) is 22.5. The van der Waals surface area contributed by atoms with Gasteiger partial charge in [0.1, 0.15) is 21.9 Å². The largest absolute Gasteiger partial charge is 0.301 e. The molecule has 1 amide bonds. The summed E-state index contributed by atoms with van der Waals surface area (Å²) >= 11 is 4.30. The van der Waals surface area contributed by atoms with Crippen molar-refractivity contribution in [3.63, 3.8) is 0 Å². The van der Waals surface area contributed by atoms with Gasteiger partial charge >= 0.3 is 0 Å². The van der Waals surface area contributed by atoms with E-state index < -0.39 is 11.7 Å². The molecule has 0 saturated heterocycles. The maximum absolute atomic E-state index is 13.2. The molecule has 0 saturated carbocycles. The molecule has 3 aromatic heterocycles. The van der Waals surface area contributed by atoms with E-state index in [1.165, 1.54) is 35.8 Å². The topological polar surface area (TPSA) is 127 Å². The van der Waals surface area contributed by atoms with Gasteiger partial charge in [0.2, 0.25) is 5.82 Å². The summed E-state index contributed by atoms with van der Waals surface area (Å²) in [6, 6.07) is 7.86. The molecule has 1 aromatic carbocycles. The van der Waals surface area contributed by atoms with E-state index in [0.717, 1.165) is 5.56 Å². The Morgan fingerprint density at radius 2 is 2.22 bits per heavy atom. The highest BCUT2D eigenvalue weighted by atomic mass is 79.9. The molecule has 0 spiro atoms. The smallest absolute Gasteiger partial charge is 0.268 e. The van der Waals surface area contributed by atoms with Crippen LogP contribution in [0, 0.1) is 12.7 Å². The number of aryl methyl sites for hydroxylation is 1. The monoisotopic (exact) mass is 517 g/mol. The number of rotatable bonds is 7. The molecule has 0 aliphatic heterocycles. The maximum atomic E-state index is 13.2. The summed E-state index contributed by atoms with van der Waals surface area (Å²) in [6.07, 6.45) is 4.53. The van der Waals surface area contributed by atoms with Crippen LogP contribution in [-0.2, 0) is 4.94 Å². The molecular weight excluding hydrogens is 505 g/mol. The standard InChI is InChI=1S/C19H13BrFN7O3S/c1-10-16(32-19(24-10)11-3-2-6-22-8-11)18(29)25-17-15(27-31-28-17)9-23-30-26-12-4-5-14(21)13(20)7-12/h2-9,26H,1H3,(H,25,28,29)/b23-9+. The molecule has 32 heavy (non-hydrogen) atoms. The molecule has 0 fully saturated rings. The van der Waals surface area contributed by atoms with Gasteiger partial charge < -0.3 is 5.32 Å². The number of thiazole rings is 1. The number of carbonyl (C=O) groups is 1. The first kappa shape index (κ1) is 21.5. The van der Waals surface area contributed by atoms with Gasteiger partial charge in [-0.1, -0.05) is 5.16 Å². The maximum Gasteiger partial charge on any atom is 0.268 e. The average Bonchev–Trinajstić information content (AvgIpc) is 3.40. The minimum atomic E-state index is -0.421. The van der Waals surface area contributed by atoms with Crippen molar-refractivity contribution in [1.29, 1.82) is 0 Å². The molecule has 0 unspecified atom stereocenters. The van der Waals surface area contributed by atoms with Gasteiger partial charge in [0, 0.05) is 18.0 Å². The lowest BCUT2D eigenvalue weighted by atomic mass is 10.3. The second kappa shape index (κ2) is 9.62. The van der Waals surface area contributed by atoms with Gasteiger partial charge in [0.05, 0.1) is 15.9 Å². The molecular formula is C19H13BrFN7O3S. The summed E-state index contributed by atoms with van der Waals surface area (Å²) < 4.78 is 18.2. The molecule has 10 nitrogen and oxygen atoms in total. The van der Waals surface area contributed by atoms with E-state index in [9.17, 15) is 9.18 Å². The second-order valence-corrected chi connectivity index (χ2v) is 8.04. The number of hydrogen-bond donors (Lipinski definition) is 2. The summed E-state index contributed by atoms with van der Waals surface area (Å²) in [4.78, 5) is 26.6. The van der Waals surface area contributed by atoms with Gasteiger partial charge in [-0.3, -0.25) is 14.7 Å². The SMILES string of the molecule is Cc1nc(-c2cccnc2)sc1C(=O)Nc1nonc1/C=N/ONc1ccc(F)c(Br)c1. The van der Waals surface area contributed by atoms with E-state index in [2.05, 4.69) is 56.8 Å². The molecule has 0 aliphatic carbocycles. The van der Waals surface area contributed by atoms with Crippen molar-refractivity contribution >= 4 is 50.9 Å². The number of nitrogens with zero attached hydrogens (tertiary/aromatic N) is 5. The molecule has 2 N–H and O–H groups in total. The predicted molar refractivity (Wildman–Crippen MR) is 119 cm³/mol. The summed E-state index contributed by atoms with van der Waals surface area (Å²) in [6.45, 7) is 1.74. The highest BCUT2D eigenvalue weighted by molar-refractivity contribution is 9.10. The fourth-order valence-electron chi connectivity index (χ4n) is 2.47. The van der Waals surface area contributed by atoms with Crippen LogP contribution in [-0.4, -0.2) is 32.4 Å². The van der Waals surface area contributed by atoms with Crippen molar-refractivity contribution in [2.75, 3.05) is 10.8 Å². The number of nitrogens with one attached hydrogen (secondary N) is 2. The predicted octanol–water partition coefficient (Wildman–Crippen LogP) is 4.43. The molecule has 0 bridgehead atoms. The Kier molecular flexibility index (Phi) is 6.47. The molecule has 0 atom stereocenters. The normalized spacial score (nSPS) is 11.0. The van der Waals surface area contributed by atoms with Crippen LogP contribution in [0.15, 0.2) is 57.0 Å². The van der Waals surface area contributed by atoms with Crippen LogP contribution in [0.5, 0.6) is 0 Å². The molecule has 4 aromatic rings. The van der Waals surface area contributed by atoms with E-state index in [1.807, 2.05) is 6.07 Å². The van der Waals surface area contributed by atoms with Crippen molar-refractivity contribution in [1.82, 2.24) is 20.3 Å². The number of benzene rings is 1. The summed E-state index contributed by atoms with van der Waals surface area (Å²) in [5, 5.41) is 14.3. The zero-order valence-electron chi connectivity index (χ0n) is 16.2. The van der Waals surface area contributed by atoms with Crippen LogP contribution in [0.3, 0.4) is 0 Å². The third kappa shape index (κ3) is 4.95. The molecule has 4 rings (SSSR count). The highest BCUT2D eigenvalue weighted by Gasteiger charge is 2.19. The molecule has 0 aliphatic rings. The number of oxime groups is 1. The number of carbonyl (C=O) groups excluding carboxylic acids is 1. The Labute approximate surface area is 192 Å². The first-order valence-corrected chi connectivity index (χ1v) is 10.5. The quantitative estimate of drug-likeness (QED) is 0.272. The third-order valence-electron chi connectivity index (χ3n) is 3.97. The van der Waals surface area contributed by atoms with Crippen LogP contribution in [0.25, 0.3) is 10.6 Å². The Hall–Kier alpha value is -3.71. The Balaban J connectivity index is 1.40. The van der Waals surface area contributed by atoms with Gasteiger partial charge in [-0.15, -0.1) is 11.3 Å². The fourth-order valence-corrected chi connectivity index (χ4v) is 3.80. The molecule has 13 heteroatoms. The Morgan fingerprint density at radius 1 is 1.34 bits per heavy atom. The van der Waals surface area contributed by atoms with Gasteiger partial charge in [-0.25, -0.2) is 14.0 Å². The first-order chi connectivity index (χ1) is 15.5. The zero-order valence-corrected chi connectivity index (χ0v) is 18.6. The van der Waals surface area contributed by atoms with Crippen LogP contribution in [0.2, 0.25) is 0 Å². The van der Waals surface area contributed by atoms with Crippen LogP contribution in [0.4, 0.5) is 15.9 Å². The van der Waals surface area contributed by atoms with Crippen molar-refractivity contribution < 1.29 is 18.8 Å². The highest BCUT2D eigenvalue weighted by Crippen LogP contribution is 2.28. The molecule has 0 radical (unpaired) electrons. The van der Waals surface area contributed by atoms with Gasteiger partial charge in [0.15, 0.2) is 5.69 Å². The van der Waals surface area contributed by atoms with Gasteiger partial charge in [-0.05, 0) is 63.5 Å². The number of pyridine rings is 1. The third-order valence-corrected chi connectivity index (χ3v) is 5.78.